The number of hydrogen-bond acceptors (Lipinski definition) is 2. The highest BCUT2D eigenvalue weighted by atomic mass is 32.1. The lowest BCUT2D eigenvalue weighted by Gasteiger charge is -1.97. The van der Waals surface area contributed by atoms with Crippen molar-refractivity contribution in [3.05, 3.63) is 46.9 Å². The smallest absolute Gasteiger partial charge is 0.194 e. The summed E-state index contributed by atoms with van der Waals surface area (Å²) in [4.78, 5) is 6.63. The molecule has 0 amide bonds. The van der Waals surface area contributed by atoms with Gasteiger partial charge >= 0.3 is 0 Å². The minimum atomic E-state index is -0.229. The summed E-state index contributed by atoms with van der Waals surface area (Å²) in [6, 6.07) is 6.72. The highest BCUT2D eigenvalue weighted by Crippen LogP contribution is 2.27. The van der Waals surface area contributed by atoms with Crippen molar-refractivity contribution in [1.29, 1.82) is 0 Å². The molecule has 0 radical (unpaired) electrons. The van der Waals surface area contributed by atoms with E-state index < -0.39 is 0 Å². The Balaban J connectivity index is 2.23. The van der Waals surface area contributed by atoms with E-state index in [2.05, 4.69) is 11.9 Å². The van der Waals surface area contributed by atoms with E-state index >= 15 is 0 Å². The molecule has 2 aromatic heterocycles. The van der Waals surface area contributed by atoms with Crippen LogP contribution in [0.1, 0.15) is 10.6 Å². The third kappa shape index (κ3) is 1.56. The van der Waals surface area contributed by atoms with Crippen LogP contribution in [-0.2, 0) is 0 Å². The summed E-state index contributed by atoms with van der Waals surface area (Å²) in [6.07, 6.45) is 1.90. The first-order valence-corrected chi connectivity index (χ1v) is 6.18. The Labute approximate surface area is 102 Å². The molecule has 2 heterocycles. The van der Waals surface area contributed by atoms with Crippen LogP contribution < -0.4 is 0 Å². The minimum absolute atomic E-state index is 0.229. The van der Waals surface area contributed by atoms with Crippen molar-refractivity contribution in [3.63, 3.8) is 0 Å². The van der Waals surface area contributed by atoms with E-state index in [0.717, 1.165) is 4.96 Å². The maximum absolute atomic E-state index is 13.6. The lowest BCUT2D eigenvalue weighted by atomic mass is 10.1. The Kier molecular flexibility index (Phi) is 2.26. The molecule has 0 saturated heterocycles. The highest BCUT2D eigenvalue weighted by molar-refractivity contribution is 7.17. The van der Waals surface area contributed by atoms with Crippen molar-refractivity contribution >= 4 is 16.3 Å². The van der Waals surface area contributed by atoms with Gasteiger partial charge in [-0.05, 0) is 26.0 Å². The van der Waals surface area contributed by atoms with Crippen molar-refractivity contribution in [2.24, 2.45) is 0 Å². The van der Waals surface area contributed by atoms with Crippen LogP contribution in [0.15, 0.2) is 30.5 Å². The van der Waals surface area contributed by atoms with Gasteiger partial charge in [-0.15, -0.1) is 11.3 Å². The van der Waals surface area contributed by atoms with Crippen LogP contribution in [0.4, 0.5) is 4.39 Å². The van der Waals surface area contributed by atoms with Crippen molar-refractivity contribution in [1.82, 2.24) is 9.38 Å². The molecule has 0 aliphatic carbocycles. The zero-order valence-corrected chi connectivity index (χ0v) is 10.4. The Morgan fingerprint density at radius 1 is 1.24 bits per heavy atom. The van der Waals surface area contributed by atoms with Gasteiger partial charge in [0.15, 0.2) is 4.96 Å². The molecule has 86 valence electrons. The van der Waals surface area contributed by atoms with E-state index in [1.807, 2.05) is 23.6 Å². The number of halogens is 1. The first kappa shape index (κ1) is 10.5. The minimum Gasteiger partial charge on any atom is -0.294 e. The van der Waals surface area contributed by atoms with E-state index in [4.69, 9.17) is 0 Å². The fourth-order valence-electron chi connectivity index (χ4n) is 1.85. The number of fused-ring (bicyclic) bond motifs is 1. The van der Waals surface area contributed by atoms with Crippen molar-refractivity contribution in [2.45, 2.75) is 13.8 Å². The topological polar surface area (TPSA) is 17.3 Å². The van der Waals surface area contributed by atoms with Gasteiger partial charge in [0.05, 0.1) is 5.69 Å². The van der Waals surface area contributed by atoms with Gasteiger partial charge in [-0.2, -0.15) is 0 Å². The second-order valence-electron chi connectivity index (χ2n) is 4.00. The van der Waals surface area contributed by atoms with E-state index in [1.165, 1.54) is 16.6 Å². The van der Waals surface area contributed by atoms with Gasteiger partial charge in [0, 0.05) is 22.3 Å². The molecular weight excluding hydrogens is 235 g/mol. The molecule has 0 spiro atoms. The Morgan fingerprint density at radius 3 is 2.71 bits per heavy atom. The third-order valence-corrected chi connectivity index (χ3v) is 4.01. The van der Waals surface area contributed by atoms with Gasteiger partial charge in [-0.1, -0.05) is 12.1 Å². The number of thiazole rings is 1. The Hall–Kier alpha value is -1.68. The van der Waals surface area contributed by atoms with Crippen LogP contribution in [-0.4, -0.2) is 9.38 Å². The van der Waals surface area contributed by atoms with E-state index in [9.17, 15) is 4.39 Å². The van der Waals surface area contributed by atoms with Crippen molar-refractivity contribution < 1.29 is 4.39 Å². The standard InChI is InChI=1S/C13H11FN2S/c1-8-9(2)17-13-15-12(7-16(8)13)10-5-3-4-6-11(10)14/h3-7H,1-2H3. The first-order chi connectivity index (χ1) is 8.16. The van der Waals surface area contributed by atoms with Crippen LogP contribution in [0.25, 0.3) is 16.2 Å². The van der Waals surface area contributed by atoms with Crippen LogP contribution in [0, 0.1) is 19.7 Å². The highest BCUT2D eigenvalue weighted by Gasteiger charge is 2.12. The lowest BCUT2D eigenvalue weighted by Crippen LogP contribution is -1.84. The number of hydrogen-bond donors (Lipinski definition) is 0. The lowest BCUT2D eigenvalue weighted by molar-refractivity contribution is 0.631. The fraction of sp³-hybridized carbons (Fsp3) is 0.154. The molecule has 0 atom stereocenters. The number of imidazole rings is 1. The monoisotopic (exact) mass is 246 g/mol. The molecule has 0 unspecified atom stereocenters. The molecular formula is C13H11FN2S. The molecule has 2 nitrogen and oxygen atoms in total. The summed E-state index contributed by atoms with van der Waals surface area (Å²) in [5, 5.41) is 0. The molecule has 0 aliphatic rings. The fourth-order valence-corrected chi connectivity index (χ4v) is 2.81. The Bertz CT molecular complexity index is 697. The molecule has 3 rings (SSSR count). The van der Waals surface area contributed by atoms with Crippen molar-refractivity contribution in [3.8, 4) is 11.3 Å². The van der Waals surface area contributed by atoms with Gasteiger partial charge in [0.1, 0.15) is 5.82 Å². The zero-order chi connectivity index (χ0) is 12.0. The van der Waals surface area contributed by atoms with Crippen molar-refractivity contribution in [2.75, 3.05) is 0 Å². The zero-order valence-electron chi connectivity index (χ0n) is 9.57. The quantitative estimate of drug-likeness (QED) is 0.638. The van der Waals surface area contributed by atoms with Crippen LogP contribution in [0.3, 0.4) is 0 Å². The van der Waals surface area contributed by atoms with E-state index in [-0.39, 0.29) is 5.82 Å². The molecule has 4 heteroatoms. The molecule has 0 aliphatic heterocycles. The molecule has 3 aromatic rings. The van der Waals surface area contributed by atoms with E-state index in [1.54, 1.807) is 23.5 Å². The third-order valence-electron chi connectivity index (χ3n) is 2.94. The number of benzene rings is 1. The van der Waals surface area contributed by atoms with Gasteiger partial charge in [-0.25, -0.2) is 9.37 Å². The molecule has 0 N–H and O–H groups in total. The summed E-state index contributed by atoms with van der Waals surface area (Å²) in [6.45, 7) is 4.11. The molecule has 0 fully saturated rings. The summed E-state index contributed by atoms with van der Waals surface area (Å²) >= 11 is 1.63. The number of aryl methyl sites for hydroxylation is 2. The predicted molar refractivity (Wildman–Crippen MR) is 67.9 cm³/mol. The summed E-state index contributed by atoms with van der Waals surface area (Å²) in [7, 11) is 0. The van der Waals surface area contributed by atoms with Gasteiger partial charge < -0.3 is 0 Å². The number of aromatic nitrogens is 2. The van der Waals surface area contributed by atoms with E-state index in [0.29, 0.717) is 11.3 Å². The second-order valence-corrected chi connectivity index (χ2v) is 5.18. The van der Waals surface area contributed by atoms with Gasteiger partial charge in [-0.3, -0.25) is 4.40 Å². The maximum atomic E-state index is 13.6. The van der Waals surface area contributed by atoms with Gasteiger partial charge in [0.2, 0.25) is 0 Å². The average molecular weight is 246 g/mol. The second kappa shape index (κ2) is 3.67. The predicted octanol–water partition coefficient (Wildman–Crippen LogP) is 3.82. The molecule has 0 bridgehead atoms. The van der Waals surface area contributed by atoms with Crippen LogP contribution >= 0.6 is 11.3 Å². The van der Waals surface area contributed by atoms with Crippen LogP contribution in [0.5, 0.6) is 0 Å². The van der Waals surface area contributed by atoms with Crippen LogP contribution in [0.2, 0.25) is 0 Å². The number of nitrogens with zero attached hydrogens (tertiary/aromatic N) is 2. The average Bonchev–Trinajstić information content (AvgIpc) is 2.81. The largest absolute Gasteiger partial charge is 0.294 e. The first-order valence-electron chi connectivity index (χ1n) is 5.37. The normalized spacial score (nSPS) is 11.2. The maximum Gasteiger partial charge on any atom is 0.194 e. The Morgan fingerprint density at radius 2 is 2.00 bits per heavy atom. The summed E-state index contributed by atoms with van der Waals surface area (Å²) in [5.74, 6) is -0.229. The molecule has 17 heavy (non-hydrogen) atoms. The SMILES string of the molecule is Cc1sc2nc(-c3ccccc3F)cn2c1C. The molecule has 0 saturated carbocycles. The summed E-state index contributed by atoms with van der Waals surface area (Å²) < 4.78 is 15.7. The molecule has 1 aromatic carbocycles. The van der Waals surface area contributed by atoms with Gasteiger partial charge in [0.25, 0.3) is 0 Å². The number of rotatable bonds is 1. The summed E-state index contributed by atoms with van der Waals surface area (Å²) in [5.41, 5.74) is 2.41.